The van der Waals surface area contributed by atoms with E-state index in [4.69, 9.17) is 22.4 Å². The van der Waals surface area contributed by atoms with Gasteiger partial charge in [-0.1, -0.05) is 11.6 Å². The molecule has 0 aliphatic carbocycles. The first-order valence-electron chi connectivity index (χ1n) is 3.99. The predicted octanol–water partition coefficient (Wildman–Crippen LogP) is 2.49. The molecule has 0 amide bonds. The number of benzene rings is 1. The van der Waals surface area contributed by atoms with Gasteiger partial charge in [-0.3, -0.25) is 4.79 Å². The van der Waals surface area contributed by atoms with E-state index >= 15 is 0 Å². The third kappa shape index (κ3) is 3.47. The minimum absolute atomic E-state index is 0.145. The summed E-state index contributed by atoms with van der Waals surface area (Å²) in [6.07, 6.45) is 0.145. The maximum absolute atomic E-state index is 10.3. The van der Waals surface area contributed by atoms with Crippen LogP contribution in [-0.2, 0) is 4.79 Å². The molecule has 5 heteroatoms. The number of carbonyl (C=O) groups is 1. The summed E-state index contributed by atoms with van der Waals surface area (Å²) in [5.41, 5.74) is 6.07. The number of hydrogen-bond donors (Lipinski definition) is 2. The molecule has 3 nitrogen and oxygen atoms in total. The Kier molecular flexibility index (Phi) is 4.10. The second-order valence-electron chi connectivity index (χ2n) is 2.68. The zero-order valence-electron chi connectivity index (χ0n) is 7.37. The fraction of sp³-hybridized carbons (Fsp3) is 0.222. The summed E-state index contributed by atoms with van der Waals surface area (Å²) in [4.78, 5) is 11.2. The van der Waals surface area contributed by atoms with E-state index in [2.05, 4.69) is 0 Å². The van der Waals surface area contributed by atoms with Gasteiger partial charge >= 0.3 is 5.97 Å². The van der Waals surface area contributed by atoms with Gasteiger partial charge in [-0.05, 0) is 18.2 Å². The number of nitrogens with two attached hydrogens (primary N) is 1. The Balaban J connectivity index is 2.51. The van der Waals surface area contributed by atoms with Gasteiger partial charge in [0.15, 0.2) is 0 Å². The molecule has 1 aromatic rings. The van der Waals surface area contributed by atoms with Gasteiger partial charge in [0.2, 0.25) is 0 Å². The zero-order chi connectivity index (χ0) is 10.6. The first-order valence-corrected chi connectivity index (χ1v) is 5.35. The molecule has 0 unspecified atom stereocenters. The highest BCUT2D eigenvalue weighted by molar-refractivity contribution is 7.99. The van der Waals surface area contributed by atoms with E-state index in [0.717, 1.165) is 4.90 Å². The first kappa shape index (κ1) is 11.2. The van der Waals surface area contributed by atoms with Crippen LogP contribution in [0.5, 0.6) is 0 Å². The van der Waals surface area contributed by atoms with Crippen molar-refractivity contribution < 1.29 is 9.90 Å². The molecule has 0 aliphatic rings. The number of thioether (sulfide) groups is 1. The van der Waals surface area contributed by atoms with Gasteiger partial charge < -0.3 is 10.8 Å². The standard InChI is InChI=1S/C9H10ClNO2S/c10-7-5-6(1-2-8(7)11)14-4-3-9(12)13/h1-2,5H,3-4,11H2,(H,12,13). The molecule has 0 atom stereocenters. The molecule has 0 saturated carbocycles. The minimum Gasteiger partial charge on any atom is -0.481 e. The minimum atomic E-state index is -0.793. The lowest BCUT2D eigenvalue weighted by Crippen LogP contribution is -1.95. The molecule has 0 spiro atoms. The number of nitrogen functional groups attached to an aromatic ring is 1. The summed E-state index contributed by atoms with van der Waals surface area (Å²) >= 11 is 7.25. The maximum atomic E-state index is 10.3. The molecule has 76 valence electrons. The molecule has 14 heavy (non-hydrogen) atoms. The van der Waals surface area contributed by atoms with E-state index in [1.165, 1.54) is 11.8 Å². The van der Waals surface area contributed by atoms with E-state index in [1.54, 1.807) is 12.1 Å². The highest BCUT2D eigenvalue weighted by Crippen LogP contribution is 2.26. The van der Waals surface area contributed by atoms with Gasteiger partial charge in [0.25, 0.3) is 0 Å². The molecule has 0 heterocycles. The van der Waals surface area contributed by atoms with Gasteiger partial charge in [0.05, 0.1) is 17.1 Å². The molecule has 3 N–H and O–H groups in total. The third-order valence-electron chi connectivity index (χ3n) is 1.56. The van der Waals surface area contributed by atoms with Crippen LogP contribution in [0.15, 0.2) is 23.1 Å². The SMILES string of the molecule is Nc1ccc(SCCC(=O)O)cc1Cl. The molecular formula is C9H10ClNO2S. The van der Waals surface area contributed by atoms with Gasteiger partial charge in [0, 0.05) is 10.6 Å². The number of halogens is 1. The van der Waals surface area contributed by atoms with Crippen LogP contribution in [0.2, 0.25) is 5.02 Å². The predicted molar refractivity (Wildman–Crippen MR) is 58.8 cm³/mol. The lowest BCUT2D eigenvalue weighted by molar-refractivity contribution is -0.136. The van der Waals surface area contributed by atoms with Crippen molar-refractivity contribution in [1.82, 2.24) is 0 Å². The van der Waals surface area contributed by atoms with Crippen molar-refractivity contribution in [1.29, 1.82) is 0 Å². The van der Waals surface area contributed by atoms with Crippen LogP contribution in [0.1, 0.15) is 6.42 Å². The molecule has 1 aromatic carbocycles. The Bertz CT molecular complexity index is 344. The van der Waals surface area contributed by atoms with Crippen LogP contribution in [0.25, 0.3) is 0 Å². The Morgan fingerprint density at radius 1 is 1.57 bits per heavy atom. The molecule has 0 fully saturated rings. The molecule has 0 radical (unpaired) electrons. The molecule has 1 rings (SSSR count). The first-order chi connectivity index (χ1) is 6.59. The average molecular weight is 232 g/mol. The maximum Gasteiger partial charge on any atom is 0.304 e. The number of hydrogen-bond acceptors (Lipinski definition) is 3. The zero-order valence-corrected chi connectivity index (χ0v) is 8.94. The smallest absolute Gasteiger partial charge is 0.304 e. The van der Waals surface area contributed by atoms with E-state index in [-0.39, 0.29) is 6.42 Å². The normalized spacial score (nSPS) is 10.1. The number of rotatable bonds is 4. The second kappa shape index (κ2) is 5.12. The van der Waals surface area contributed by atoms with E-state index in [0.29, 0.717) is 16.5 Å². The van der Waals surface area contributed by atoms with Gasteiger partial charge in [0.1, 0.15) is 0 Å². The summed E-state index contributed by atoms with van der Waals surface area (Å²) in [7, 11) is 0. The highest BCUT2D eigenvalue weighted by Gasteiger charge is 2.01. The summed E-state index contributed by atoms with van der Waals surface area (Å²) in [5, 5.41) is 8.94. The summed E-state index contributed by atoms with van der Waals surface area (Å²) in [6.45, 7) is 0. The Hall–Kier alpha value is -0.870. The van der Waals surface area contributed by atoms with Crippen molar-refractivity contribution in [2.45, 2.75) is 11.3 Å². The largest absolute Gasteiger partial charge is 0.481 e. The number of carboxylic acid groups (broad SMARTS) is 1. The van der Waals surface area contributed by atoms with Gasteiger partial charge in [-0.25, -0.2) is 0 Å². The summed E-state index contributed by atoms with van der Waals surface area (Å²) < 4.78 is 0. The fourth-order valence-corrected chi connectivity index (χ4v) is 1.98. The van der Waals surface area contributed by atoms with E-state index in [9.17, 15) is 4.79 Å². The Labute approximate surface area is 91.2 Å². The monoisotopic (exact) mass is 231 g/mol. The van der Waals surface area contributed by atoms with Crippen molar-refractivity contribution in [2.75, 3.05) is 11.5 Å². The van der Waals surface area contributed by atoms with Crippen LogP contribution in [0, 0.1) is 0 Å². The topological polar surface area (TPSA) is 63.3 Å². The van der Waals surface area contributed by atoms with Crippen molar-refractivity contribution in [3.63, 3.8) is 0 Å². The summed E-state index contributed by atoms with van der Waals surface area (Å²) in [6, 6.07) is 5.28. The molecule has 0 aromatic heterocycles. The van der Waals surface area contributed by atoms with Crippen molar-refractivity contribution in [2.24, 2.45) is 0 Å². The van der Waals surface area contributed by atoms with Crippen LogP contribution in [0.3, 0.4) is 0 Å². The molecule has 0 bridgehead atoms. The van der Waals surface area contributed by atoms with Crippen molar-refractivity contribution in [3.05, 3.63) is 23.2 Å². The van der Waals surface area contributed by atoms with Crippen LogP contribution in [-0.4, -0.2) is 16.8 Å². The Morgan fingerprint density at radius 2 is 2.29 bits per heavy atom. The van der Waals surface area contributed by atoms with Crippen LogP contribution in [0.4, 0.5) is 5.69 Å². The van der Waals surface area contributed by atoms with Crippen molar-refractivity contribution >= 4 is 35.0 Å². The Morgan fingerprint density at radius 3 is 2.86 bits per heavy atom. The third-order valence-corrected chi connectivity index (χ3v) is 2.88. The van der Waals surface area contributed by atoms with Crippen LogP contribution < -0.4 is 5.73 Å². The quantitative estimate of drug-likeness (QED) is 0.617. The second-order valence-corrected chi connectivity index (χ2v) is 4.25. The molecule has 0 aliphatic heterocycles. The number of anilines is 1. The van der Waals surface area contributed by atoms with Crippen LogP contribution >= 0.6 is 23.4 Å². The number of aliphatic carboxylic acids is 1. The van der Waals surface area contributed by atoms with Crippen molar-refractivity contribution in [3.8, 4) is 0 Å². The average Bonchev–Trinajstić information content (AvgIpc) is 2.10. The lowest BCUT2D eigenvalue weighted by Gasteiger charge is -2.02. The van der Waals surface area contributed by atoms with Gasteiger partial charge in [-0.15, -0.1) is 11.8 Å². The van der Waals surface area contributed by atoms with Gasteiger partial charge in [-0.2, -0.15) is 0 Å². The van der Waals surface area contributed by atoms with E-state index < -0.39 is 5.97 Å². The molecule has 0 saturated heterocycles. The highest BCUT2D eigenvalue weighted by atomic mass is 35.5. The lowest BCUT2D eigenvalue weighted by atomic mass is 10.3. The van der Waals surface area contributed by atoms with E-state index in [1.807, 2.05) is 6.07 Å². The number of carboxylic acids is 1. The fourth-order valence-electron chi connectivity index (χ4n) is 0.854. The molecular weight excluding hydrogens is 222 g/mol. The summed E-state index contributed by atoms with van der Waals surface area (Å²) in [5.74, 6) is -0.255.